The fraction of sp³-hybridized carbons (Fsp3) is 0.403. The number of allylic oxidation sites excluding steroid dienone is 1. The summed E-state index contributed by atoms with van der Waals surface area (Å²) in [4.78, 5) is 194. The predicted octanol–water partition coefficient (Wildman–Crippen LogP) is 3.19. The Balaban J connectivity index is 0.000000380. The average Bonchev–Trinajstić information content (AvgIpc) is 1.51. The van der Waals surface area contributed by atoms with Crippen LogP contribution in [0.2, 0.25) is 0 Å². The number of hydrazone groups is 3. The molecule has 3 aromatic rings. The van der Waals surface area contributed by atoms with Crippen molar-refractivity contribution in [2.75, 3.05) is 67.9 Å². The van der Waals surface area contributed by atoms with Crippen LogP contribution in [-0.4, -0.2) is 218 Å². The van der Waals surface area contributed by atoms with Crippen molar-refractivity contribution < 1.29 is 115 Å². The number of unbranched alkanes of at least 4 members (excludes halogenated alkanes) is 6. The van der Waals surface area contributed by atoms with E-state index in [0.29, 0.717) is 80.7 Å². The van der Waals surface area contributed by atoms with Crippen LogP contribution in [0.1, 0.15) is 156 Å². The molecule has 14 amide bonds. The van der Waals surface area contributed by atoms with Crippen molar-refractivity contribution >= 4 is 159 Å². The zero-order chi connectivity index (χ0) is 89.1. The summed E-state index contributed by atoms with van der Waals surface area (Å²) in [5.74, 6) is -10.4. The first-order valence-electron chi connectivity index (χ1n) is 36.1. The van der Waals surface area contributed by atoms with Crippen LogP contribution in [0, 0.1) is 20.2 Å². The van der Waals surface area contributed by atoms with Gasteiger partial charge in [-0.3, -0.25) is 110 Å². The number of anilines is 3. The molecule has 10 N–H and O–H groups in total. The van der Waals surface area contributed by atoms with Crippen molar-refractivity contribution in [1.82, 2.24) is 46.9 Å². The molecule has 47 heteroatoms. The summed E-state index contributed by atoms with van der Waals surface area (Å²) in [6.07, 6.45) is 11.9. The maximum absolute atomic E-state index is 12.8. The number of imide groups is 2. The number of hydrogen-bond acceptors (Lipinski definition) is 29. The van der Waals surface area contributed by atoms with E-state index in [0.717, 1.165) is 72.6 Å². The third-order valence-corrected chi connectivity index (χ3v) is 19.5. The van der Waals surface area contributed by atoms with Gasteiger partial charge in [0.05, 0.1) is 29.6 Å². The molecule has 44 nitrogen and oxygen atoms in total. The van der Waals surface area contributed by atoms with E-state index >= 15 is 0 Å². The Morgan fingerprint density at radius 3 is 1.21 bits per heavy atom. The molecule has 3 aliphatic rings. The molecule has 119 heavy (non-hydrogen) atoms. The topological polar surface area (TPSA) is 621 Å². The van der Waals surface area contributed by atoms with Gasteiger partial charge in [0.1, 0.15) is 39.6 Å². The minimum atomic E-state index is -4.73. The van der Waals surface area contributed by atoms with E-state index in [2.05, 4.69) is 78.4 Å². The number of hydrogen-bond donors (Lipinski definition) is 10. The first kappa shape index (κ1) is 98.5. The molecule has 2 atom stereocenters. The predicted molar refractivity (Wildman–Crippen MR) is 427 cm³/mol. The van der Waals surface area contributed by atoms with Gasteiger partial charge in [0.2, 0.25) is 35.4 Å². The van der Waals surface area contributed by atoms with Gasteiger partial charge >= 0.3 is 0 Å². The van der Waals surface area contributed by atoms with Crippen LogP contribution in [0.4, 0.5) is 28.4 Å². The molecular formula is C72H91N17O27S3. The Hall–Kier alpha value is -12.9. The van der Waals surface area contributed by atoms with Gasteiger partial charge in [0, 0.05) is 134 Å². The molecule has 3 heterocycles. The lowest BCUT2D eigenvalue weighted by atomic mass is 10.1. The molecule has 0 aromatic heterocycles. The fourth-order valence-corrected chi connectivity index (χ4v) is 12.7. The number of nitro groups is 2. The molecule has 0 saturated heterocycles. The minimum Gasteiger partial charge on any atom is -0.354 e. The summed E-state index contributed by atoms with van der Waals surface area (Å²) in [7, 11) is -11.3. The van der Waals surface area contributed by atoms with E-state index in [1.165, 1.54) is 41.3 Å². The number of carbonyl (C=O) groups is 14. The summed E-state index contributed by atoms with van der Waals surface area (Å²) in [6.45, 7) is 14.1. The summed E-state index contributed by atoms with van der Waals surface area (Å²) < 4.78 is 89.7. The van der Waals surface area contributed by atoms with Gasteiger partial charge < -0.3 is 36.8 Å². The molecule has 0 bridgehead atoms. The van der Waals surface area contributed by atoms with Crippen molar-refractivity contribution in [3.8, 4) is 0 Å². The second-order valence-electron chi connectivity index (χ2n) is 26.4. The van der Waals surface area contributed by atoms with Crippen molar-refractivity contribution in [3.63, 3.8) is 0 Å². The summed E-state index contributed by atoms with van der Waals surface area (Å²) in [6, 6.07) is 7.04. The lowest BCUT2D eigenvalue weighted by Crippen LogP contribution is -2.50. The smallest absolute Gasteiger partial charge is 0.297 e. The summed E-state index contributed by atoms with van der Waals surface area (Å²) >= 11 is 0. The second-order valence-corrected chi connectivity index (χ2v) is 31.3. The van der Waals surface area contributed by atoms with Crippen LogP contribution in [0.15, 0.2) is 124 Å². The minimum absolute atomic E-state index is 0.00952. The van der Waals surface area contributed by atoms with Crippen LogP contribution in [0.3, 0.4) is 0 Å². The van der Waals surface area contributed by atoms with Gasteiger partial charge in [-0.05, 0) is 129 Å². The monoisotopic (exact) mass is 1720 g/mol. The van der Waals surface area contributed by atoms with E-state index in [1.54, 1.807) is 47.6 Å². The largest absolute Gasteiger partial charge is 0.354 e. The summed E-state index contributed by atoms with van der Waals surface area (Å²) in [5.41, 5.74) is 6.69. The first-order chi connectivity index (χ1) is 55.8. The maximum atomic E-state index is 12.8. The number of nitro benzene ring substituents is 2. The van der Waals surface area contributed by atoms with Gasteiger partial charge in [-0.15, -0.1) is 0 Å². The third kappa shape index (κ3) is 34.5. The van der Waals surface area contributed by atoms with Gasteiger partial charge in [-0.25, -0.2) is 16.3 Å². The number of benzene rings is 3. The highest BCUT2D eigenvalue weighted by molar-refractivity contribution is 7.87. The Bertz CT molecular complexity index is 4920. The van der Waals surface area contributed by atoms with Gasteiger partial charge in [-0.1, -0.05) is 25.8 Å². The molecule has 0 fully saturated rings. The first-order valence-corrected chi connectivity index (χ1v) is 40.7. The third-order valence-electron chi connectivity index (χ3n) is 16.2. The van der Waals surface area contributed by atoms with Gasteiger partial charge in [0.15, 0.2) is 0 Å². The molecule has 644 valence electrons. The van der Waals surface area contributed by atoms with E-state index in [-0.39, 0.29) is 109 Å². The van der Waals surface area contributed by atoms with Gasteiger partial charge in [-0.2, -0.15) is 40.6 Å². The SMILES string of the molecule is C=C1C=CC(=O)N1CCCCCC(=O)N[C@@H](CS(=O)(=O)OC)C(=O)NCCC(=O)Nc1ccc(C(=O)NN=C(C)C)c([N+](=O)[O-])c1.CC(C)=NNC(=O)c1ccc(NC(=O)[C@H](CS(=O)(=O)O)NC(=O)CCCCCN2C(=O)C=CC2=O)cc1[N+](=O)[O-].COS(=O)(=O)c1cc(NC(=O)CCCCCN2C(=O)C=CC2=O)ccc1C(=O)NN=C(C)C. The molecule has 0 unspecified atom stereocenters. The van der Waals surface area contributed by atoms with E-state index in [1.807, 2.05) is 0 Å². The molecule has 0 aliphatic carbocycles. The molecule has 0 spiro atoms. The molecule has 0 radical (unpaired) electrons. The Morgan fingerprint density at radius 1 is 0.462 bits per heavy atom. The quantitative estimate of drug-likeness (QED) is 0.00739. The van der Waals surface area contributed by atoms with Crippen molar-refractivity contribution in [2.24, 2.45) is 15.3 Å². The Kier molecular flexibility index (Phi) is 39.2. The summed E-state index contributed by atoms with van der Waals surface area (Å²) in [5, 5.41) is 48.4. The molecule has 6 rings (SSSR count). The van der Waals surface area contributed by atoms with E-state index in [9.17, 15) is 117 Å². The standard InChI is InChI=1S/C28H37N7O10S.C23H28N6O10S.C21H26N4O7S/c1-18(2)32-33-27(39)21-11-10-20(16-23(21)35(41)42)30-25(37)13-14-29-28(40)22(17-46(43,44)45-4)31-24(36)8-6-5-7-15-34-19(3)9-12-26(34)38;1-14(2)26-27-22(33)16-8-7-15(12-18(16)29(35)36)24-23(34)17(13-40(37,38)39)25-19(30)6-4-3-5-11-28-20(31)9-10-21(28)32;1-14(2)23-24-21(29)16-9-8-15(13-17(16)33(30,31)32-3)22-18(26)7-5-4-6-12-25-19(27)10-11-20(25)28/h9-12,16,22H,3,5-8,13-15,17H2,1-2,4H3,(H,29,40)(H,30,37)(H,31,36)(H,33,39);7-10,12,17H,3-6,11,13H2,1-2H3,(H,24,34)(H,25,30)(H,27,33)(H,37,38,39);8-11,13H,4-7,12H2,1-3H3,(H,22,26)(H,24,29)/t22-;17-;/m00./s1. The van der Waals surface area contributed by atoms with Crippen LogP contribution >= 0.6 is 0 Å². The highest BCUT2D eigenvalue weighted by Gasteiger charge is 2.32. The Morgan fingerprint density at radius 2 is 0.824 bits per heavy atom. The van der Waals surface area contributed by atoms with Crippen molar-refractivity contribution in [3.05, 3.63) is 140 Å². The molecule has 3 aliphatic heterocycles. The van der Waals surface area contributed by atoms with Crippen LogP contribution in [0.25, 0.3) is 0 Å². The lowest BCUT2D eigenvalue weighted by Gasteiger charge is -2.18. The van der Waals surface area contributed by atoms with E-state index < -0.39 is 139 Å². The molecule has 3 aromatic carbocycles. The van der Waals surface area contributed by atoms with E-state index in [4.69, 9.17) is 0 Å². The maximum Gasteiger partial charge on any atom is 0.297 e. The second kappa shape index (κ2) is 47.4. The van der Waals surface area contributed by atoms with Crippen LogP contribution in [-0.2, 0) is 91.5 Å². The van der Waals surface area contributed by atoms with Crippen molar-refractivity contribution in [2.45, 2.75) is 142 Å². The van der Waals surface area contributed by atoms with Crippen LogP contribution < -0.4 is 48.2 Å². The highest BCUT2D eigenvalue weighted by atomic mass is 32.2. The number of carbonyl (C=O) groups excluding carboxylic acids is 14. The fourth-order valence-electron chi connectivity index (χ4n) is 10.4. The Labute approximate surface area is 682 Å². The zero-order valence-electron chi connectivity index (χ0n) is 65.8. The lowest BCUT2D eigenvalue weighted by molar-refractivity contribution is -0.385. The number of nitrogens with zero attached hydrogens (tertiary/aromatic N) is 8. The number of nitrogens with one attached hydrogen (secondary N) is 9. The number of rotatable bonds is 43. The highest BCUT2D eigenvalue weighted by Crippen LogP contribution is 2.27. The van der Waals surface area contributed by atoms with Crippen LogP contribution in [0.5, 0.6) is 0 Å². The van der Waals surface area contributed by atoms with Gasteiger partial charge in [0.25, 0.3) is 89.0 Å². The molecule has 0 saturated carbocycles. The van der Waals surface area contributed by atoms with Crippen molar-refractivity contribution in [1.29, 1.82) is 0 Å². The molecular weight excluding hydrogens is 1630 g/mol. The number of amides is 14. The zero-order valence-corrected chi connectivity index (χ0v) is 68.3. The average molecular weight is 1720 g/mol. The normalized spacial score (nSPS) is 13.3.